The lowest BCUT2D eigenvalue weighted by Crippen LogP contribution is -2.29. The Hall–Kier alpha value is -0.960. The van der Waals surface area contributed by atoms with Crippen LogP contribution in [-0.4, -0.2) is 7.11 Å². The number of hydrogen-bond donors (Lipinski definition) is 0. The molecule has 3 nitrogen and oxygen atoms in total. The summed E-state index contributed by atoms with van der Waals surface area (Å²) in [5, 5.41) is 11.2. The first kappa shape index (κ1) is 8.14. The molecule has 0 spiro atoms. The van der Waals surface area contributed by atoms with Gasteiger partial charge in [-0.15, -0.1) is 0 Å². The standard InChI is InChI=1S/C7H8ClNO2/c1-5-3-7(11-2)6(8)4-9(5)10/h3-4H,1-2H3. The molecule has 0 radical (unpaired) electrons. The predicted octanol–water partition coefficient (Wildman–Crippen LogP) is 1.29. The first-order chi connectivity index (χ1) is 5.15. The second-order valence-corrected chi connectivity index (χ2v) is 2.56. The van der Waals surface area contributed by atoms with Gasteiger partial charge in [-0.3, -0.25) is 0 Å². The van der Waals surface area contributed by atoms with E-state index in [0.29, 0.717) is 21.2 Å². The van der Waals surface area contributed by atoms with Crippen molar-refractivity contribution in [2.45, 2.75) is 6.92 Å². The van der Waals surface area contributed by atoms with Crippen LogP contribution in [0.25, 0.3) is 0 Å². The summed E-state index contributed by atoms with van der Waals surface area (Å²) in [6.45, 7) is 1.69. The second-order valence-electron chi connectivity index (χ2n) is 2.16. The molecule has 0 saturated carbocycles. The Kier molecular flexibility index (Phi) is 2.19. The summed E-state index contributed by atoms with van der Waals surface area (Å²) in [5.41, 5.74) is 0.561. The van der Waals surface area contributed by atoms with Crippen molar-refractivity contribution >= 4 is 11.6 Å². The van der Waals surface area contributed by atoms with E-state index in [-0.39, 0.29) is 0 Å². The van der Waals surface area contributed by atoms with Crippen LogP contribution in [0, 0.1) is 12.1 Å². The second kappa shape index (κ2) is 2.96. The van der Waals surface area contributed by atoms with Crippen molar-refractivity contribution in [2.75, 3.05) is 7.11 Å². The molecular weight excluding hydrogens is 166 g/mol. The van der Waals surface area contributed by atoms with Crippen molar-refractivity contribution in [1.82, 2.24) is 0 Å². The third-order valence-corrected chi connectivity index (χ3v) is 1.66. The lowest BCUT2D eigenvalue weighted by molar-refractivity contribution is -0.612. The molecule has 0 fully saturated rings. The normalized spacial score (nSPS) is 9.73. The van der Waals surface area contributed by atoms with Gasteiger partial charge in [-0.2, -0.15) is 4.73 Å². The number of methoxy groups -OCH3 is 1. The highest BCUT2D eigenvalue weighted by atomic mass is 35.5. The number of ether oxygens (including phenoxy) is 1. The Bertz CT molecular complexity index is 275. The highest BCUT2D eigenvalue weighted by molar-refractivity contribution is 6.31. The Morgan fingerprint density at radius 1 is 1.64 bits per heavy atom. The molecule has 0 N–H and O–H groups in total. The maximum absolute atomic E-state index is 10.9. The lowest BCUT2D eigenvalue weighted by Gasteiger charge is -2.04. The fraction of sp³-hybridized carbons (Fsp3) is 0.286. The van der Waals surface area contributed by atoms with Gasteiger partial charge in [-0.25, -0.2) is 0 Å². The van der Waals surface area contributed by atoms with Crippen molar-refractivity contribution < 1.29 is 9.47 Å². The van der Waals surface area contributed by atoms with E-state index in [4.69, 9.17) is 16.3 Å². The van der Waals surface area contributed by atoms with E-state index in [1.54, 1.807) is 13.0 Å². The van der Waals surface area contributed by atoms with Crippen LogP contribution >= 0.6 is 11.6 Å². The summed E-state index contributed by atoms with van der Waals surface area (Å²) in [5.74, 6) is 0.524. The van der Waals surface area contributed by atoms with Crippen molar-refractivity contribution in [3.8, 4) is 5.75 Å². The average molecular weight is 174 g/mol. The van der Waals surface area contributed by atoms with Gasteiger partial charge in [-0.05, 0) is 0 Å². The Morgan fingerprint density at radius 3 is 2.82 bits per heavy atom. The van der Waals surface area contributed by atoms with Crippen LogP contribution < -0.4 is 9.47 Å². The van der Waals surface area contributed by atoms with Crippen molar-refractivity contribution in [1.29, 1.82) is 0 Å². The van der Waals surface area contributed by atoms with Gasteiger partial charge < -0.3 is 9.94 Å². The number of pyridine rings is 1. The molecule has 11 heavy (non-hydrogen) atoms. The zero-order chi connectivity index (χ0) is 8.43. The Morgan fingerprint density at radius 2 is 2.27 bits per heavy atom. The molecule has 0 amide bonds. The monoisotopic (exact) mass is 173 g/mol. The van der Waals surface area contributed by atoms with Crippen LogP contribution in [0.15, 0.2) is 12.3 Å². The number of nitrogens with zero attached hydrogens (tertiary/aromatic N) is 1. The summed E-state index contributed by atoms with van der Waals surface area (Å²) in [6, 6.07) is 1.59. The zero-order valence-electron chi connectivity index (χ0n) is 6.30. The highest BCUT2D eigenvalue weighted by Crippen LogP contribution is 2.21. The molecule has 60 valence electrons. The molecule has 1 heterocycles. The van der Waals surface area contributed by atoms with Gasteiger partial charge in [0, 0.05) is 6.92 Å². The summed E-state index contributed by atoms with van der Waals surface area (Å²) in [7, 11) is 1.51. The molecule has 0 bridgehead atoms. The molecule has 0 aliphatic carbocycles. The maximum Gasteiger partial charge on any atom is 0.203 e. The van der Waals surface area contributed by atoms with Crippen molar-refractivity contribution in [3.05, 3.63) is 28.2 Å². The first-order valence-electron chi connectivity index (χ1n) is 3.08. The zero-order valence-corrected chi connectivity index (χ0v) is 7.05. The van der Waals surface area contributed by atoms with Crippen LogP contribution in [-0.2, 0) is 0 Å². The van der Waals surface area contributed by atoms with E-state index in [0.717, 1.165) is 0 Å². The minimum absolute atomic E-state index is 0.327. The molecule has 0 aliphatic heterocycles. The molecule has 0 atom stereocenters. The van der Waals surface area contributed by atoms with E-state index in [1.807, 2.05) is 0 Å². The minimum Gasteiger partial charge on any atom is -0.618 e. The third-order valence-electron chi connectivity index (χ3n) is 1.37. The van der Waals surface area contributed by atoms with Crippen LogP contribution in [0.1, 0.15) is 5.69 Å². The molecule has 0 aromatic carbocycles. The summed E-state index contributed by atoms with van der Waals surface area (Å²) in [6.07, 6.45) is 1.27. The van der Waals surface area contributed by atoms with Gasteiger partial charge in [-0.1, -0.05) is 11.6 Å². The van der Waals surface area contributed by atoms with Crippen LogP contribution in [0.3, 0.4) is 0 Å². The number of hydrogen-bond acceptors (Lipinski definition) is 2. The summed E-state index contributed by atoms with van der Waals surface area (Å²) < 4.78 is 5.60. The van der Waals surface area contributed by atoms with E-state index < -0.39 is 0 Å². The fourth-order valence-corrected chi connectivity index (χ4v) is 0.967. The molecule has 0 saturated heterocycles. The fourth-order valence-electron chi connectivity index (χ4n) is 0.747. The molecule has 1 aromatic rings. The van der Waals surface area contributed by atoms with Crippen LogP contribution in [0.5, 0.6) is 5.75 Å². The topological polar surface area (TPSA) is 36.2 Å². The van der Waals surface area contributed by atoms with Crippen molar-refractivity contribution in [2.24, 2.45) is 0 Å². The lowest BCUT2D eigenvalue weighted by atomic mass is 10.3. The number of aromatic nitrogens is 1. The number of halogens is 1. The SMILES string of the molecule is COc1cc(C)[n+]([O-])cc1Cl. The third kappa shape index (κ3) is 1.54. The molecule has 1 aromatic heterocycles. The highest BCUT2D eigenvalue weighted by Gasteiger charge is 2.07. The molecule has 4 heteroatoms. The predicted molar refractivity (Wildman–Crippen MR) is 41.7 cm³/mol. The number of rotatable bonds is 1. The molecule has 1 rings (SSSR count). The van der Waals surface area contributed by atoms with E-state index in [9.17, 15) is 5.21 Å². The van der Waals surface area contributed by atoms with Gasteiger partial charge in [0.25, 0.3) is 0 Å². The molecular formula is C7H8ClNO2. The van der Waals surface area contributed by atoms with Gasteiger partial charge in [0.05, 0.1) is 13.2 Å². The summed E-state index contributed by atoms with van der Waals surface area (Å²) in [4.78, 5) is 0. The Labute approximate surface area is 69.8 Å². The largest absolute Gasteiger partial charge is 0.618 e. The van der Waals surface area contributed by atoms with Crippen LogP contribution in [0.4, 0.5) is 0 Å². The minimum atomic E-state index is 0.327. The van der Waals surface area contributed by atoms with Crippen LogP contribution in [0.2, 0.25) is 5.02 Å². The van der Waals surface area contributed by atoms with E-state index >= 15 is 0 Å². The quantitative estimate of drug-likeness (QED) is 0.474. The van der Waals surface area contributed by atoms with Crippen molar-refractivity contribution in [3.63, 3.8) is 0 Å². The van der Waals surface area contributed by atoms with E-state index in [1.165, 1.54) is 13.3 Å². The smallest absolute Gasteiger partial charge is 0.203 e. The average Bonchev–Trinajstić information content (AvgIpc) is 1.97. The molecule has 0 unspecified atom stereocenters. The number of aryl methyl sites for hydroxylation is 1. The maximum atomic E-state index is 10.9. The van der Waals surface area contributed by atoms with Gasteiger partial charge in [0.2, 0.25) is 6.20 Å². The summed E-state index contributed by atoms with van der Waals surface area (Å²) >= 11 is 5.66. The van der Waals surface area contributed by atoms with Gasteiger partial charge in [0.1, 0.15) is 10.8 Å². The molecule has 0 aliphatic rings. The Balaban J connectivity index is 3.21. The van der Waals surface area contributed by atoms with E-state index in [2.05, 4.69) is 0 Å². The van der Waals surface area contributed by atoms with Gasteiger partial charge >= 0.3 is 0 Å². The first-order valence-corrected chi connectivity index (χ1v) is 3.46. The van der Waals surface area contributed by atoms with Gasteiger partial charge in [0.15, 0.2) is 5.69 Å².